The molecule has 0 unspecified atom stereocenters. The fourth-order valence-electron chi connectivity index (χ4n) is 4.83. The molecule has 139 valence electrons. The molecule has 0 bridgehead atoms. The van der Waals surface area contributed by atoms with Gasteiger partial charge < -0.3 is 4.42 Å². The van der Waals surface area contributed by atoms with Crippen molar-refractivity contribution in [1.29, 1.82) is 0 Å². The van der Waals surface area contributed by atoms with Crippen molar-refractivity contribution in [2.75, 3.05) is 0 Å². The summed E-state index contributed by atoms with van der Waals surface area (Å²) in [6.07, 6.45) is 8.22. The van der Waals surface area contributed by atoms with Gasteiger partial charge in [0, 0.05) is 38.2 Å². The standard InChI is InChI=1S/C27H21O.Zr/c1-17-9-12-26(28-17)23-15-22-14-20-7-4-8-24(20)27(25(22)16-23)21-11-10-18-5-2-3-6-19(18)13-21;/h2-3,5-6,9-16H,4,7-8H2,1H3;. The van der Waals surface area contributed by atoms with E-state index in [1.54, 1.807) is 0 Å². The van der Waals surface area contributed by atoms with E-state index in [1.165, 1.54) is 69.0 Å². The zero-order chi connectivity index (χ0) is 18.7. The normalized spacial score (nSPS) is 14.4. The zero-order valence-corrected chi connectivity index (χ0v) is 18.9. The van der Waals surface area contributed by atoms with E-state index in [1.807, 2.05) is 13.0 Å². The van der Waals surface area contributed by atoms with Crippen LogP contribution in [-0.4, -0.2) is 0 Å². The molecule has 0 N–H and O–H groups in total. The van der Waals surface area contributed by atoms with Crippen LogP contribution in [0.5, 0.6) is 0 Å². The van der Waals surface area contributed by atoms with Crippen LogP contribution in [0.4, 0.5) is 0 Å². The number of fused-ring (bicyclic) bond motifs is 3. The molecule has 3 aromatic carbocycles. The number of hydrogen-bond acceptors (Lipinski definition) is 1. The molecule has 29 heavy (non-hydrogen) atoms. The molecule has 1 radical (unpaired) electrons. The Labute approximate surface area is 190 Å². The second-order valence-electron chi connectivity index (χ2n) is 7.96. The van der Waals surface area contributed by atoms with Gasteiger partial charge in [0.1, 0.15) is 11.5 Å². The molecular formula is C27H21OZr. The summed E-state index contributed by atoms with van der Waals surface area (Å²) < 4.78 is 5.90. The zero-order valence-electron chi connectivity index (χ0n) is 16.5. The minimum Gasteiger partial charge on any atom is -0.462 e. The Balaban J connectivity index is 0.00000181. The van der Waals surface area contributed by atoms with E-state index in [-0.39, 0.29) is 26.2 Å². The van der Waals surface area contributed by atoms with Crippen LogP contribution in [0.25, 0.3) is 33.5 Å². The number of furan rings is 1. The van der Waals surface area contributed by atoms with E-state index >= 15 is 0 Å². The molecule has 0 aliphatic heterocycles. The summed E-state index contributed by atoms with van der Waals surface area (Å²) in [6, 6.07) is 22.0. The number of benzene rings is 3. The third-order valence-electron chi connectivity index (χ3n) is 6.15. The molecule has 1 heterocycles. The Kier molecular flexibility index (Phi) is 4.71. The maximum Gasteiger partial charge on any atom is 0.130 e. The van der Waals surface area contributed by atoms with Crippen molar-refractivity contribution in [2.24, 2.45) is 0 Å². The summed E-state index contributed by atoms with van der Waals surface area (Å²) in [5.41, 5.74) is 9.65. The third kappa shape index (κ3) is 3.09. The molecule has 2 heteroatoms. The number of rotatable bonds is 2. The van der Waals surface area contributed by atoms with Gasteiger partial charge in [0.2, 0.25) is 0 Å². The fraction of sp³-hybridized carbons (Fsp3) is 0.148. The van der Waals surface area contributed by atoms with Crippen LogP contribution in [0.1, 0.15) is 40.2 Å². The summed E-state index contributed by atoms with van der Waals surface area (Å²) in [5, 5.41) is 2.60. The Bertz CT molecular complexity index is 1280. The first-order valence-electron chi connectivity index (χ1n) is 10.1. The number of allylic oxidation sites excluding steroid dienone is 1. The molecule has 0 atom stereocenters. The summed E-state index contributed by atoms with van der Waals surface area (Å²) >= 11 is 0. The monoisotopic (exact) mass is 451 g/mol. The molecule has 1 aromatic heterocycles. The Morgan fingerprint density at radius 1 is 0.862 bits per heavy atom. The van der Waals surface area contributed by atoms with Gasteiger partial charge in [0.05, 0.1) is 0 Å². The van der Waals surface area contributed by atoms with E-state index in [0.717, 1.165) is 11.5 Å². The largest absolute Gasteiger partial charge is 0.462 e. The predicted octanol–water partition coefficient (Wildman–Crippen LogP) is 7.00. The van der Waals surface area contributed by atoms with Crippen molar-refractivity contribution in [3.8, 4) is 11.1 Å². The van der Waals surface area contributed by atoms with Gasteiger partial charge in [-0.3, -0.25) is 0 Å². The quantitative estimate of drug-likeness (QED) is 0.319. The van der Waals surface area contributed by atoms with Crippen molar-refractivity contribution >= 4 is 22.4 Å². The van der Waals surface area contributed by atoms with Gasteiger partial charge in [-0.2, -0.15) is 0 Å². The Hall–Kier alpha value is -2.18. The van der Waals surface area contributed by atoms with Crippen LogP contribution < -0.4 is 0 Å². The van der Waals surface area contributed by atoms with Gasteiger partial charge in [0.15, 0.2) is 0 Å². The number of aryl methyl sites for hydroxylation is 2. The molecule has 2 aliphatic carbocycles. The Morgan fingerprint density at radius 2 is 1.72 bits per heavy atom. The van der Waals surface area contributed by atoms with Gasteiger partial charge >= 0.3 is 0 Å². The molecule has 0 fully saturated rings. The van der Waals surface area contributed by atoms with Crippen molar-refractivity contribution in [3.05, 3.63) is 101 Å². The fourth-order valence-corrected chi connectivity index (χ4v) is 4.83. The average Bonchev–Trinajstić information content (AvgIpc) is 3.44. The van der Waals surface area contributed by atoms with Crippen molar-refractivity contribution in [3.63, 3.8) is 0 Å². The molecule has 0 saturated carbocycles. The van der Waals surface area contributed by atoms with E-state index in [4.69, 9.17) is 4.42 Å². The average molecular weight is 453 g/mol. The first kappa shape index (κ1) is 18.8. The van der Waals surface area contributed by atoms with Crippen molar-refractivity contribution in [2.45, 2.75) is 26.2 Å². The van der Waals surface area contributed by atoms with Crippen LogP contribution in [0.2, 0.25) is 0 Å². The van der Waals surface area contributed by atoms with Crippen LogP contribution in [-0.2, 0) is 39.0 Å². The summed E-state index contributed by atoms with van der Waals surface area (Å²) in [7, 11) is 0. The minimum atomic E-state index is 0. The maximum absolute atomic E-state index is 5.90. The predicted molar refractivity (Wildman–Crippen MR) is 116 cm³/mol. The smallest absolute Gasteiger partial charge is 0.130 e. The molecule has 4 aromatic rings. The molecular weight excluding hydrogens is 432 g/mol. The second kappa shape index (κ2) is 7.26. The summed E-state index contributed by atoms with van der Waals surface area (Å²) in [4.78, 5) is 0. The summed E-state index contributed by atoms with van der Waals surface area (Å²) in [6.45, 7) is 2.00. The first-order valence-corrected chi connectivity index (χ1v) is 10.1. The van der Waals surface area contributed by atoms with Gasteiger partial charge in [-0.15, -0.1) is 0 Å². The van der Waals surface area contributed by atoms with Gasteiger partial charge in [-0.1, -0.05) is 42.5 Å². The second-order valence-corrected chi connectivity index (χ2v) is 7.96. The molecule has 0 saturated heterocycles. The molecule has 6 rings (SSSR count). The van der Waals surface area contributed by atoms with E-state index < -0.39 is 0 Å². The Morgan fingerprint density at radius 3 is 2.55 bits per heavy atom. The summed E-state index contributed by atoms with van der Waals surface area (Å²) in [5.74, 6) is 1.91. The minimum absolute atomic E-state index is 0. The van der Waals surface area contributed by atoms with Crippen LogP contribution in [0.3, 0.4) is 0 Å². The molecule has 0 amide bonds. The van der Waals surface area contributed by atoms with Gasteiger partial charge in [-0.05, 0) is 94.6 Å². The van der Waals surface area contributed by atoms with E-state index in [2.05, 4.69) is 67.1 Å². The van der Waals surface area contributed by atoms with Gasteiger partial charge in [-0.25, -0.2) is 0 Å². The van der Waals surface area contributed by atoms with Crippen LogP contribution >= 0.6 is 0 Å². The van der Waals surface area contributed by atoms with Crippen LogP contribution in [0, 0.1) is 13.3 Å². The van der Waals surface area contributed by atoms with Crippen LogP contribution in [0.15, 0.2) is 65.1 Å². The SMILES string of the molecule is Cc1ccc(C2=Cc3c(cc4c(c3-c3ccc5ccccc5c3)CCC4)[CH]2)o1.[Zr]. The third-order valence-corrected chi connectivity index (χ3v) is 6.15. The number of hydrogen-bond donors (Lipinski definition) is 0. The van der Waals surface area contributed by atoms with Crippen molar-refractivity contribution < 1.29 is 30.6 Å². The first-order chi connectivity index (χ1) is 13.8. The molecule has 1 nitrogen and oxygen atoms in total. The maximum atomic E-state index is 5.90. The van der Waals surface area contributed by atoms with Gasteiger partial charge in [0.25, 0.3) is 0 Å². The van der Waals surface area contributed by atoms with E-state index in [9.17, 15) is 0 Å². The van der Waals surface area contributed by atoms with Crippen molar-refractivity contribution in [1.82, 2.24) is 0 Å². The van der Waals surface area contributed by atoms with E-state index in [0.29, 0.717) is 0 Å². The molecule has 0 spiro atoms. The topological polar surface area (TPSA) is 13.1 Å². The molecule has 2 aliphatic rings.